The van der Waals surface area contributed by atoms with E-state index in [-0.39, 0.29) is 29.7 Å². The fraction of sp³-hybridized carbons (Fsp3) is 0.182. The van der Waals surface area contributed by atoms with Crippen LogP contribution in [0.1, 0.15) is 40.9 Å². The summed E-state index contributed by atoms with van der Waals surface area (Å²) < 4.78 is 13.0. The smallest absolute Gasteiger partial charge is 0.247 e. The topological polar surface area (TPSA) is 87.2 Å². The summed E-state index contributed by atoms with van der Waals surface area (Å²) in [6.45, 7) is 2.36. The summed E-state index contributed by atoms with van der Waals surface area (Å²) in [5.74, 6) is -0.466. The first-order valence-corrected chi connectivity index (χ1v) is 9.26. The lowest BCUT2D eigenvalue weighted by Crippen LogP contribution is -2.28. The molecule has 1 amide bonds. The Morgan fingerprint density at radius 2 is 2.03 bits per heavy atom. The highest BCUT2D eigenvalue weighted by atomic mass is 19.1. The number of carbonyl (C=O) groups excluding carboxylic acids is 1. The zero-order chi connectivity index (χ0) is 20.4. The predicted octanol–water partition coefficient (Wildman–Crippen LogP) is 2.68. The fourth-order valence-corrected chi connectivity index (χ4v) is 3.33. The quantitative estimate of drug-likeness (QED) is 0.702. The van der Waals surface area contributed by atoms with Gasteiger partial charge in [0.2, 0.25) is 11.5 Å². The second kappa shape index (κ2) is 7.79. The van der Waals surface area contributed by atoms with Gasteiger partial charge in [0, 0.05) is 29.6 Å². The molecule has 1 aliphatic heterocycles. The van der Waals surface area contributed by atoms with Gasteiger partial charge in [-0.1, -0.05) is 12.1 Å². The average Bonchev–Trinajstić information content (AvgIpc) is 3.12. The minimum atomic E-state index is -0.307. The molecular formula is C22H19FN4O2. The van der Waals surface area contributed by atoms with Crippen LogP contribution in [-0.4, -0.2) is 21.6 Å². The third-order valence-corrected chi connectivity index (χ3v) is 4.86. The van der Waals surface area contributed by atoms with Crippen molar-refractivity contribution in [3.05, 3.63) is 99.0 Å². The van der Waals surface area contributed by atoms with Crippen molar-refractivity contribution in [2.45, 2.75) is 25.9 Å². The minimum Gasteiger partial charge on any atom is -0.349 e. The van der Waals surface area contributed by atoms with E-state index >= 15 is 0 Å². The number of benzene rings is 1. The van der Waals surface area contributed by atoms with E-state index in [9.17, 15) is 14.0 Å². The Morgan fingerprint density at radius 3 is 2.76 bits per heavy atom. The molecule has 29 heavy (non-hydrogen) atoms. The lowest BCUT2D eigenvalue weighted by atomic mass is 10.0. The number of carbonyl (C=O) groups is 1. The number of nitrogens with one attached hydrogen (secondary N) is 2. The molecule has 0 radical (unpaired) electrons. The molecular weight excluding hydrogens is 371 g/mol. The van der Waals surface area contributed by atoms with Crippen molar-refractivity contribution in [2.24, 2.45) is 4.99 Å². The van der Waals surface area contributed by atoms with Gasteiger partial charge in [0.15, 0.2) is 0 Å². The maximum Gasteiger partial charge on any atom is 0.247 e. The second-order valence-electron chi connectivity index (χ2n) is 6.96. The maximum absolute atomic E-state index is 13.0. The highest BCUT2D eigenvalue weighted by Crippen LogP contribution is 2.23. The van der Waals surface area contributed by atoms with Gasteiger partial charge in [0.05, 0.1) is 30.4 Å². The van der Waals surface area contributed by atoms with E-state index in [4.69, 9.17) is 0 Å². The van der Waals surface area contributed by atoms with Crippen molar-refractivity contribution >= 4 is 11.6 Å². The van der Waals surface area contributed by atoms with Gasteiger partial charge < -0.3 is 10.3 Å². The van der Waals surface area contributed by atoms with Gasteiger partial charge in [-0.25, -0.2) is 4.39 Å². The monoisotopic (exact) mass is 390 g/mol. The number of fused-ring (bicyclic) bond motifs is 1. The van der Waals surface area contributed by atoms with Crippen molar-refractivity contribution in [1.82, 2.24) is 15.3 Å². The number of hydrogen-bond donors (Lipinski definition) is 2. The number of amides is 1. The first-order valence-electron chi connectivity index (χ1n) is 9.26. The number of rotatable bonds is 5. The summed E-state index contributed by atoms with van der Waals surface area (Å²) in [6.07, 6.45) is 3.50. The summed E-state index contributed by atoms with van der Waals surface area (Å²) in [6, 6.07) is 10.9. The summed E-state index contributed by atoms with van der Waals surface area (Å²) in [4.78, 5) is 35.2. The lowest BCUT2D eigenvalue weighted by molar-refractivity contribution is -0.121. The zero-order valence-electron chi connectivity index (χ0n) is 15.8. The number of H-pyrrole nitrogens is 1. The summed E-state index contributed by atoms with van der Waals surface area (Å²) >= 11 is 0. The Hall–Kier alpha value is -3.61. The van der Waals surface area contributed by atoms with Crippen LogP contribution in [-0.2, 0) is 17.8 Å². The molecule has 7 heteroatoms. The van der Waals surface area contributed by atoms with Crippen molar-refractivity contribution in [3.63, 3.8) is 0 Å². The van der Waals surface area contributed by atoms with Crippen molar-refractivity contribution in [1.29, 1.82) is 0 Å². The van der Waals surface area contributed by atoms with Gasteiger partial charge in [-0.3, -0.25) is 19.6 Å². The van der Waals surface area contributed by atoms with Gasteiger partial charge >= 0.3 is 0 Å². The maximum atomic E-state index is 13.0. The molecule has 0 unspecified atom stereocenters. The van der Waals surface area contributed by atoms with Crippen molar-refractivity contribution in [2.75, 3.05) is 0 Å². The van der Waals surface area contributed by atoms with E-state index in [1.165, 1.54) is 18.2 Å². The molecule has 2 aromatic heterocycles. The molecule has 3 aromatic rings. The van der Waals surface area contributed by atoms with E-state index in [0.717, 1.165) is 28.0 Å². The highest BCUT2D eigenvalue weighted by molar-refractivity contribution is 6.14. The van der Waals surface area contributed by atoms with Crippen LogP contribution in [0.5, 0.6) is 0 Å². The number of hydrogen-bond acceptors (Lipinski definition) is 4. The van der Waals surface area contributed by atoms with Crippen molar-refractivity contribution < 1.29 is 9.18 Å². The zero-order valence-corrected chi connectivity index (χ0v) is 15.8. The van der Waals surface area contributed by atoms with Crippen LogP contribution in [0.4, 0.5) is 4.39 Å². The molecule has 146 valence electrons. The molecule has 0 saturated carbocycles. The average molecular weight is 390 g/mol. The standard InChI is InChI=1S/C22H19FN4O2/c1-13(14-2-5-17(23)6-3-14)27-21(29)9-18-8-16-11-26-22(19(16)12-24-18)15-4-7-20(28)25-10-15/h2-8,10,12-13H,9,11H2,1H3,(H,25,28)(H,27,29)/t13-/m1/s1. The number of pyridine rings is 2. The third-order valence-electron chi connectivity index (χ3n) is 4.86. The number of nitrogens with zero attached hydrogens (tertiary/aromatic N) is 2. The van der Waals surface area contributed by atoms with Gasteiger partial charge in [0.1, 0.15) is 5.82 Å². The molecule has 0 fully saturated rings. The van der Waals surface area contributed by atoms with Gasteiger partial charge in [-0.15, -0.1) is 0 Å². The van der Waals surface area contributed by atoms with Crippen LogP contribution in [0.3, 0.4) is 0 Å². The molecule has 2 N–H and O–H groups in total. The SMILES string of the molecule is C[C@@H](NC(=O)Cc1cc2c(cn1)C(c1ccc(=O)[nH]c1)=NC2)c1ccc(F)cc1. The predicted molar refractivity (Wildman–Crippen MR) is 107 cm³/mol. The molecule has 4 rings (SSSR count). The Morgan fingerprint density at radius 1 is 1.24 bits per heavy atom. The Labute approximate surface area is 166 Å². The number of aromatic nitrogens is 2. The Balaban J connectivity index is 1.43. The lowest BCUT2D eigenvalue weighted by Gasteiger charge is -2.14. The molecule has 1 atom stereocenters. The van der Waals surface area contributed by atoms with E-state index in [1.807, 2.05) is 13.0 Å². The largest absolute Gasteiger partial charge is 0.349 e. The Bertz CT molecular complexity index is 1130. The normalized spacial score (nSPS) is 13.5. The van der Waals surface area contributed by atoms with Crippen LogP contribution in [0.2, 0.25) is 0 Å². The van der Waals surface area contributed by atoms with Crippen LogP contribution in [0.25, 0.3) is 0 Å². The molecule has 1 aliphatic rings. The van der Waals surface area contributed by atoms with Crippen molar-refractivity contribution in [3.8, 4) is 0 Å². The van der Waals surface area contributed by atoms with E-state index in [0.29, 0.717) is 12.2 Å². The van der Waals surface area contributed by atoms with Gasteiger partial charge in [0.25, 0.3) is 0 Å². The molecule has 0 spiro atoms. The first kappa shape index (κ1) is 18.7. The van der Waals surface area contributed by atoms with Crippen LogP contribution >= 0.6 is 0 Å². The summed E-state index contributed by atoms with van der Waals surface area (Å²) in [5.41, 5.74) is 4.83. The van der Waals surface area contributed by atoms with Gasteiger partial charge in [-0.2, -0.15) is 0 Å². The number of aliphatic imine (C=N–C) groups is 1. The van der Waals surface area contributed by atoms with Crippen LogP contribution in [0.15, 0.2) is 64.6 Å². The first-order chi connectivity index (χ1) is 14.0. The van der Waals surface area contributed by atoms with E-state index < -0.39 is 0 Å². The highest BCUT2D eigenvalue weighted by Gasteiger charge is 2.19. The Kier molecular flexibility index (Phi) is 5.03. The third kappa shape index (κ3) is 4.13. The van der Waals surface area contributed by atoms with Gasteiger partial charge in [-0.05, 0) is 42.3 Å². The van der Waals surface area contributed by atoms with E-state index in [2.05, 4.69) is 20.3 Å². The molecule has 0 aliphatic carbocycles. The number of aromatic amines is 1. The molecule has 0 saturated heterocycles. The fourth-order valence-electron chi connectivity index (χ4n) is 3.33. The molecule has 6 nitrogen and oxygen atoms in total. The summed E-state index contributed by atoms with van der Waals surface area (Å²) in [7, 11) is 0. The molecule has 3 heterocycles. The minimum absolute atomic E-state index is 0.146. The van der Waals surface area contributed by atoms with Crippen LogP contribution < -0.4 is 10.9 Å². The number of halogens is 1. The van der Waals surface area contributed by atoms with E-state index in [1.54, 1.807) is 30.6 Å². The molecule has 1 aromatic carbocycles. The molecule has 0 bridgehead atoms. The second-order valence-corrected chi connectivity index (χ2v) is 6.96. The summed E-state index contributed by atoms with van der Waals surface area (Å²) in [5, 5.41) is 2.91. The van der Waals surface area contributed by atoms with Crippen LogP contribution in [0, 0.1) is 5.82 Å².